The zero-order valence-electron chi connectivity index (χ0n) is 15.7. The van der Waals surface area contributed by atoms with Crippen molar-refractivity contribution in [3.8, 4) is 11.3 Å². The van der Waals surface area contributed by atoms with E-state index >= 15 is 0 Å². The van der Waals surface area contributed by atoms with E-state index < -0.39 is 0 Å². The molecule has 3 heterocycles. The third kappa shape index (κ3) is 3.36. The Labute approximate surface area is 172 Å². The maximum atomic E-state index is 5.47. The molecule has 5 rings (SSSR count). The number of hydrogen-bond donors (Lipinski definition) is 0. The maximum absolute atomic E-state index is 5.47. The zero-order chi connectivity index (χ0) is 18.9. The Hall–Kier alpha value is -2.15. The number of fused-ring (bicyclic) bond motifs is 3. The topological polar surface area (TPSA) is 34.7 Å². The van der Waals surface area contributed by atoms with Crippen molar-refractivity contribution in [3.63, 3.8) is 0 Å². The molecule has 1 aliphatic heterocycles. The number of nitrogens with zero attached hydrogens (tertiary/aromatic N) is 4. The molecule has 0 aliphatic carbocycles. The third-order valence-electron chi connectivity index (χ3n) is 5.46. The number of imidazole rings is 2. The molecule has 0 radical (unpaired) electrons. The lowest BCUT2D eigenvalue weighted by Gasteiger charge is -2.26. The van der Waals surface area contributed by atoms with Crippen molar-refractivity contribution in [1.82, 2.24) is 18.9 Å². The Bertz CT molecular complexity index is 1090. The molecule has 0 spiro atoms. The first kappa shape index (κ1) is 17.9. The molecule has 2 aromatic heterocycles. The predicted octanol–water partition coefficient (Wildman–Crippen LogP) is 4.44. The zero-order valence-corrected chi connectivity index (χ0v) is 17.3. The fourth-order valence-electron chi connectivity index (χ4n) is 4.00. The van der Waals surface area contributed by atoms with Crippen molar-refractivity contribution in [2.24, 2.45) is 0 Å². The summed E-state index contributed by atoms with van der Waals surface area (Å²) in [5, 5.41) is 0. The van der Waals surface area contributed by atoms with Gasteiger partial charge in [0.25, 0.3) is 0 Å². The first-order valence-electron chi connectivity index (χ1n) is 9.82. The minimum atomic E-state index is 0.851. The van der Waals surface area contributed by atoms with E-state index in [1.807, 2.05) is 6.07 Å². The van der Waals surface area contributed by atoms with Crippen molar-refractivity contribution in [1.29, 1.82) is 0 Å². The van der Waals surface area contributed by atoms with E-state index in [-0.39, 0.29) is 0 Å². The highest BCUT2D eigenvalue weighted by Gasteiger charge is 2.16. The second-order valence-electron chi connectivity index (χ2n) is 7.25. The van der Waals surface area contributed by atoms with E-state index in [0.29, 0.717) is 0 Å². The molecule has 4 aromatic rings. The highest BCUT2D eigenvalue weighted by atomic mass is 79.9. The molecule has 2 aromatic carbocycles. The van der Waals surface area contributed by atoms with Crippen LogP contribution in [0.3, 0.4) is 0 Å². The average Bonchev–Trinajstić information content (AvgIpc) is 3.26. The number of halogens is 1. The van der Waals surface area contributed by atoms with Crippen molar-refractivity contribution in [3.05, 3.63) is 59.2 Å². The summed E-state index contributed by atoms with van der Waals surface area (Å²) in [6.07, 6.45) is 3.32. The van der Waals surface area contributed by atoms with Crippen LogP contribution in [0.5, 0.6) is 0 Å². The summed E-state index contributed by atoms with van der Waals surface area (Å²) >= 11 is 3.54. The average molecular weight is 439 g/mol. The Balaban J connectivity index is 1.51. The number of ether oxygens (including phenoxy) is 1. The number of aryl methyl sites for hydroxylation is 1. The van der Waals surface area contributed by atoms with Crippen LogP contribution in [0.2, 0.25) is 0 Å². The van der Waals surface area contributed by atoms with Gasteiger partial charge < -0.3 is 9.30 Å². The van der Waals surface area contributed by atoms with Gasteiger partial charge in [-0.3, -0.25) is 9.30 Å². The Morgan fingerprint density at radius 2 is 1.75 bits per heavy atom. The lowest BCUT2D eigenvalue weighted by Crippen LogP contribution is -2.37. The summed E-state index contributed by atoms with van der Waals surface area (Å²) in [4.78, 5) is 7.42. The molecular formula is C22H23BrN4O. The van der Waals surface area contributed by atoms with E-state index in [4.69, 9.17) is 9.72 Å². The highest BCUT2D eigenvalue weighted by Crippen LogP contribution is 2.28. The van der Waals surface area contributed by atoms with E-state index in [0.717, 1.165) is 67.1 Å². The Morgan fingerprint density at radius 3 is 2.57 bits per heavy atom. The van der Waals surface area contributed by atoms with Crippen LogP contribution in [0.4, 0.5) is 0 Å². The van der Waals surface area contributed by atoms with Gasteiger partial charge >= 0.3 is 0 Å². The van der Waals surface area contributed by atoms with Crippen LogP contribution in [-0.2, 0) is 11.3 Å². The number of aromatic nitrogens is 3. The van der Waals surface area contributed by atoms with Crippen LogP contribution in [0.15, 0.2) is 59.2 Å². The smallest absolute Gasteiger partial charge is 0.215 e. The van der Waals surface area contributed by atoms with E-state index in [1.54, 1.807) is 0 Å². The number of benzene rings is 2. The van der Waals surface area contributed by atoms with Crippen LogP contribution in [-0.4, -0.2) is 51.7 Å². The van der Waals surface area contributed by atoms with Gasteiger partial charge in [-0.25, -0.2) is 4.98 Å². The van der Waals surface area contributed by atoms with E-state index in [1.165, 1.54) is 11.3 Å². The number of morpholine rings is 1. The molecule has 144 valence electrons. The van der Waals surface area contributed by atoms with Gasteiger partial charge in [0.1, 0.15) is 0 Å². The van der Waals surface area contributed by atoms with Crippen molar-refractivity contribution < 1.29 is 4.74 Å². The van der Waals surface area contributed by atoms with Crippen molar-refractivity contribution in [2.45, 2.75) is 13.0 Å². The normalized spacial score (nSPS) is 15.6. The van der Waals surface area contributed by atoms with E-state index in [9.17, 15) is 0 Å². The van der Waals surface area contributed by atoms with Crippen LogP contribution in [0.25, 0.3) is 28.1 Å². The molecule has 0 amide bonds. The molecule has 1 fully saturated rings. The highest BCUT2D eigenvalue weighted by molar-refractivity contribution is 9.10. The molecule has 28 heavy (non-hydrogen) atoms. The lowest BCUT2D eigenvalue weighted by molar-refractivity contribution is 0.0370. The van der Waals surface area contributed by atoms with Gasteiger partial charge in [-0.1, -0.05) is 40.2 Å². The summed E-state index contributed by atoms with van der Waals surface area (Å²) in [7, 11) is 0. The molecule has 0 saturated carbocycles. The molecule has 0 N–H and O–H groups in total. The van der Waals surface area contributed by atoms with Gasteiger partial charge in [0, 0.05) is 36.8 Å². The summed E-state index contributed by atoms with van der Waals surface area (Å²) in [6.45, 7) is 5.81. The number of rotatable bonds is 5. The Kier molecular flexibility index (Phi) is 4.93. The quantitative estimate of drug-likeness (QED) is 0.461. The predicted molar refractivity (Wildman–Crippen MR) is 116 cm³/mol. The number of para-hydroxylation sites is 2. The fraction of sp³-hybridized carbons (Fsp3) is 0.318. The summed E-state index contributed by atoms with van der Waals surface area (Å²) in [5.41, 5.74) is 4.62. The second kappa shape index (κ2) is 7.70. The molecular weight excluding hydrogens is 416 g/mol. The Morgan fingerprint density at radius 1 is 0.964 bits per heavy atom. The lowest BCUT2D eigenvalue weighted by atomic mass is 10.1. The summed E-state index contributed by atoms with van der Waals surface area (Å²) < 4.78 is 11.1. The van der Waals surface area contributed by atoms with Crippen LogP contribution in [0, 0.1) is 0 Å². The van der Waals surface area contributed by atoms with Crippen molar-refractivity contribution >= 4 is 32.7 Å². The van der Waals surface area contributed by atoms with Crippen molar-refractivity contribution in [2.75, 3.05) is 32.8 Å². The molecule has 5 nitrogen and oxygen atoms in total. The first-order chi connectivity index (χ1) is 13.8. The largest absolute Gasteiger partial charge is 0.379 e. The maximum Gasteiger partial charge on any atom is 0.215 e. The molecule has 0 atom stereocenters. The molecule has 0 unspecified atom stereocenters. The molecule has 1 aliphatic rings. The third-order valence-corrected chi connectivity index (χ3v) is 5.99. The second-order valence-corrected chi connectivity index (χ2v) is 8.17. The fourth-order valence-corrected chi connectivity index (χ4v) is 4.26. The summed E-state index contributed by atoms with van der Waals surface area (Å²) in [5.74, 6) is 1.01. The van der Waals surface area contributed by atoms with Gasteiger partial charge in [-0.05, 0) is 36.2 Å². The molecule has 0 bridgehead atoms. The van der Waals surface area contributed by atoms with Gasteiger partial charge in [0.2, 0.25) is 5.78 Å². The number of hydrogen-bond acceptors (Lipinski definition) is 3. The monoisotopic (exact) mass is 438 g/mol. The minimum absolute atomic E-state index is 0.851. The SMILES string of the molecule is Brc1ccc(-c2cn3c4ccccc4nc3n2CCCN2CCOCC2)cc1. The van der Waals surface area contributed by atoms with Gasteiger partial charge in [0.15, 0.2) is 0 Å². The van der Waals surface area contributed by atoms with E-state index in [2.05, 4.69) is 78.5 Å². The van der Waals surface area contributed by atoms with Gasteiger partial charge in [0.05, 0.1) is 29.9 Å². The van der Waals surface area contributed by atoms with Crippen LogP contribution in [0.1, 0.15) is 6.42 Å². The first-order valence-corrected chi connectivity index (χ1v) is 10.6. The summed E-state index contributed by atoms with van der Waals surface area (Å²) in [6, 6.07) is 16.9. The van der Waals surface area contributed by atoms with Crippen LogP contribution >= 0.6 is 15.9 Å². The minimum Gasteiger partial charge on any atom is -0.379 e. The molecule has 1 saturated heterocycles. The van der Waals surface area contributed by atoms with Crippen LogP contribution < -0.4 is 0 Å². The van der Waals surface area contributed by atoms with Gasteiger partial charge in [-0.15, -0.1) is 0 Å². The molecule has 6 heteroatoms. The van der Waals surface area contributed by atoms with Gasteiger partial charge in [-0.2, -0.15) is 0 Å². The standard InChI is InChI=1S/C22H23BrN4O/c23-18-8-6-17(7-9-18)21-16-27-20-5-2-1-4-19(20)24-22(27)26(21)11-3-10-25-12-14-28-15-13-25/h1-2,4-9,16H,3,10-15H2.